The zero-order valence-electron chi connectivity index (χ0n) is 31.2. The maximum atomic E-state index is 14.8. The van der Waals surface area contributed by atoms with E-state index >= 15 is 0 Å². The topological polar surface area (TPSA) is 173 Å². The van der Waals surface area contributed by atoms with Crippen molar-refractivity contribution in [3.63, 3.8) is 0 Å². The number of benzene rings is 2. The minimum atomic E-state index is -3.91. The van der Waals surface area contributed by atoms with E-state index in [0.29, 0.717) is 34.7 Å². The van der Waals surface area contributed by atoms with E-state index in [1.54, 1.807) is 11.5 Å². The molecule has 3 heterocycles. The molecule has 1 saturated heterocycles. The number of rotatable bonds is 6. The average molecular weight is 798 g/mol. The Morgan fingerprint density at radius 2 is 1.82 bits per heavy atom. The first-order valence-corrected chi connectivity index (χ1v) is 21.1. The molecular weight excluding hydrogens is 755 g/mol. The Morgan fingerprint density at radius 3 is 2.54 bits per heavy atom. The first kappa shape index (κ1) is 37.6. The van der Waals surface area contributed by atoms with E-state index in [0.717, 1.165) is 22.3 Å². The van der Waals surface area contributed by atoms with Crippen molar-refractivity contribution in [2.24, 2.45) is 16.5 Å². The molecule has 4 bridgehead atoms. The fourth-order valence-corrected chi connectivity index (χ4v) is 9.84. The molecule has 15 heteroatoms. The smallest absolute Gasteiger partial charge is 0.262 e. The van der Waals surface area contributed by atoms with Crippen LogP contribution in [0.3, 0.4) is 0 Å². The number of hydrogen-bond donors (Lipinski definition) is 3. The van der Waals surface area contributed by atoms with Gasteiger partial charge in [-0.15, -0.1) is 17.9 Å². The largest absolute Gasteiger partial charge is 0.490 e. The number of nitrogens with zero attached hydrogens (tertiary/aromatic N) is 2. The van der Waals surface area contributed by atoms with Gasteiger partial charge in [0, 0.05) is 23.5 Å². The van der Waals surface area contributed by atoms with E-state index in [1.807, 2.05) is 75.4 Å². The molecule has 0 unspecified atom stereocenters. The molecule has 5 atom stereocenters. The van der Waals surface area contributed by atoms with Crippen LogP contribution in [0, 0.1) is 11.3 Å². The highest BCUT2D eigenvalue weighted by Crippen LogP contribution is 2.46. The number of sulfonamides is 1. The van der Waals surface area contributed by atoms with Gasteiger partial charge in [0.2, 0.25) is 21.8 Å². The number of nitrogens with one attached hydrogen (secondary N) is 3. The van der Waals surface area contributed by atoms with Gasteiger partial charge in [0.05, 0.1) is 16.7 Å². The molecule has 13 nitrogen and oxygen atoms in total. The summed E-state index contributed by atoms with van der Waals surface area (Å²) in [5, 5.41) is 11.6. The normalized spacial score (nSPS) is 27.3. The summed E-state index contributed by atoms with van der Waals surface area (Å²) in [6, 6.07) is 13.2. The first-order chi connectivity index (χ1) is 26.7. The van der Waals surface area contributed by atoms with Gasteiger partial charge in [-0.25, -0.2) is 8.42 Å². The summed E-state index contributed by atoms with van der Waals surface area (Å²) in [7, 11) is -3.91. The molecule has 292 valence electrons. The third-order valence-electron chi connectivity index (χ3n) is 11.0. The zero-order chi connectivity index (χ0) is 39.6. The van der Waals surface area contributed by atoms with Gasteiger partial charge in [-0.05, 0) is 77.1 Å². The van der Waals surface area contributed by atoms with Gasteiger partial charge in [0.1, 0.15) is 41.8 Å². The zero-order valence-corrected chi connectivity index (χ0v) is 32.9. The molecule has 3 N–H and O–H groups in total. The number of hydrogen-bond acceptors (Lipinski definition) is 10. The summed E-state index contributed by atoms with van der Waals surface area (Å²) >= 11 is 1.24. The van der Waals surface area contributed by atoms with Crippen molar-refractivity contribution in [1.82, 2.24) is 20.3 Å². The summed E-state index contributed by atoms with van der Waals surface area (Å²) in [6.07, 6.45) is 5.43. The van der Waals surface area contributed by atoms with E-state index < -0.39 is 74.0 Å². The number of oxime groups is 1. The lowest BCUT2D eigenvalue weighted by molar-refractivity contribution is -0.142. The van der Waals surface area contributed by atoms with Gasteiger partial charge in [-0.3, -0.25) is 23.9 Å². The molecule has 1 aromatic heterocycles. The molecule has 2 aromatic carbocycles. The molecule has 0 spiro atoms. The number of thiophene rings is 1. The van der Waals surface area contributed by atoms with E-state index in [2.05, 4.69) is 27.1 Å². The molecule has 5 aliphatic rings. The highest BCUT2D eigenvalue weighted by molar-refractivity contribution is 7.91. The molecule has 56 heavy (non-hydrogen) atoms. The number of fused-ring (bicyclic) bond motifs is 7. The van der Waals surface area contributed by atoms with Crippen LogP contribution in [0.25, 0.3) is 17.2 Å². The van der Waals surface area contributed by atoms with Gasteiger partial charge in [0.25, 0.3) is 11.8 Å². The summed E-state index contributed by atoms with van der Waals surface area (Å²) in [5.41, 5.74) is 2.44. The van der Waals surface area contributed by atoms with Crippen molar-refractivity contribution in [3.8, 4) is 16.9 Å². The maximum absolute atomic E-state index is 14.8. The van der Waals surface area contributed by atoms with Crippen molar-refractivity contribution >= 4 is 56.8 Å². The Morgan fingerprint density at radius 1 is 1.07 bits per heavy atom. The summed E-state index contributed by atoms with van der Waals surface area (Å²) < 4.78 is 33.8. The van der Waals surface area contributed by atoms with Crippen molar-refractivity contribution in [2.45, 2.75) is 75.4 Å². The van der Waals surface area contributed by atoms with Crippen molar-refractivity contribution in [1.29, 1.82) is 0 Å². The lowest BCUT2D eigenvalue weighted by atomic mass is 9.85. The van der Waals surface area contributed by atoms with Crippen LogP contribution in [0.1, 0.15) is 72.8 Å². The molecule has 3 aliphatic carbocycles. The van der Waals surface area contributed by atoms with E-state index in [-0.39, 0.29) is 26.0 Å². The lowest BCUT2D eigenvalue weighted by Crippen LogP contribution is -2.60. The second kappa shape index (κ2) is 14.0. The molecule has 3 fully saturated rings. The van der Waals surface area contributed by atoms with Gasteiger partial charge >= 0.3 is 0 Å². The monoisotopic (exact) mass is 797 g/mol. The number of carbonyl (C=O) groups is 4. The van der Waals surface area contributed by atoms with Crippen LogP contribution >= 0.6 is 11.3 Å². The highest BCUT2D eigenvalue weighted by Gasteiger charge is 2.62. The summed E-state index contributed by atoms with van der Waals surface area (Å²) in [6.45, 7) is 9.45. The quantitative estimate of drug-likeness (QED) is 0.241. The van der Waals surface area contributed by atoms with E-state index in [9.17, 15) is 27.6 Å². The Labute approximate surface area is 329 Å². The fraction of sp³-hybridized carbons (Fsp3) is 0.390. The predicted molar refractivity (Wildman–Crippen MR) is 211 cm³/mol. The van der Waals surface area contributed by atoms with Crippen LogP contribution in [0.2, 0.25) is 0 Å². The summed E-state index contributed by atoms with van der Waals surface area (Å²) in [5.74, 6) is -2.38. The Bertz CT molecular complexity index is 2320. The lowest BCUT2D eigenvalue weighted by Gasteiger charge is -2.35. The third kappa shape index (κ3) is 6.91. The molecule has 2 saturated carbocycles. The average Bonchev–Trinajstić information content (AvgIpc) is 4.01. The molecule has 8 rings (SSSR count). The second-order valence-corrected chi connectivity index (χ2v) is 18.9. The van der Waals surface area contributed by atoms with Crippen LogP contribution in [0.4, 0.5) is 0 Å². The van der Waals surface area contributed by atoms with Gasteiger partial charge in [-0.1, -0.05) is 62.3 Å². The molecule has 0 radical (unpaired) electrons. The first-order valence-electron chi connectivity index (χ1n) is 18.7. The predicted octanol–water partition coefficient (Wildman–Crippen LogP) is 4.39. The summed E-state index contributed by atoms with van der Waals surface area (Å²) in [4.78, 5) is 64.6. The van der Waals surface area contributed by atoms with Gasteiger partial charge in [0.15, 0.2) is 0 Å². The number of carbonyl (C=O) groups excluding carboxylic acids is 4. The minimum absolute atomic E-state index is 0.00745. The SMILES string of the molecule is C=C[C@@H]1C[C@]1(NC(=O)[C@@H]1C[C@@H]2CN1C(=O)[C@H](C(C)(C)C)NC(=O)c1sccc1/C=C/COc1ccc3c(c1)/C(=N/O2)c1ccccc1-3)C(=O)NS(=O)(=O)C1CC1. The molecule has 2 aliphatic heterocycles. The van der Waals surface area contributed by atoms with Crippen LogP contribution in [-0.2, 0) is 29.2 Å². The van der Waals surface area contributed by atoms with Crippen LogP contribution in [0.15, 0.2) is 77.8 Å². The third-order valence-corrected chi connectivity index (χ3v) is 13.8. The van der Waals surface area contributed by atoms with Crippen LogP contribution < -0.4 is 20.1 Å². The number of amides is 4. The standard InChI is InChI=1S/C41H43N5O8S2/c1-5-24-21-41(24,39(50)45-56(51,52)27-13-14-27)43-36(47)32-20-26-22-46(32)38(49)35(40(2,3)4)42-37(48)34-23(16-18-55-34)9-8-17-53-25-12-15-29-28-10-6-7-11-30(28)33(44-54-26)31(29)19-25/h5-12,15-16,18-19,24,26-27,32,35H,1,13-14,17,20-22H2,2-4H3,(H,42,48)(H,43,47)(H,45,50)/b9-8+,44-33+/t24-,26-,32+,35-,41-/m1/s1. The molecule has 4 amide bonds. The second-order valence-electron chi connectivity index (χ2n) is 16.0. The molecule has 3 aromatic rings. The van der Waals surface area contributed by atoms with E-state index in [1.165, 1.54) is 22.3 Å². The number of ether oxygens (including phenoxy) is 1. The minimum Gasteiger partial charge on any atom is -0.490 e. The van der Waals surface area contributed by atoms with Crippen molar-refractivity contribution < 1.29 is 37.2 Å². The van der Waals surface area contributed by atoms with Crippen LogP contribution in [0.5, 0.6) is 5.75 Å². The Balaban J connectivity index is 1.16. The van der Waals surface area contributed by atoms with Gasteiger partial charge in [-0.2, -0.15) is 0 Å². The Hall–Kier alpha value is -5.28. The van der Waals surface area contributed by atoms with Crippen LogP contribution in [-0.4, -0.2) is 84.8 Å². The van der Waals surface area contributed by atoms with Crippen molar-refractivity contribution in [3.05, 3.63) is 94.2 Å². The molecular formula is C41H43N5O8S2. The van der Waals surface area contributed by atoms with E-state index in [4.69, 9.17) is 9.57 Å². The fourth-order valence-electron chi connectivity index (χ4n) is 7.69. The van der Waals surface area contributed by atoms with Gasteiger partial charge < -0.3 is 25.1 Å². The Kier molecular flexibility index (Phi) is 9.43. The highest BCUT2D eigenvalue weighted by atomic mass is 32.2. The van der Waals surface area contributed by atoms with Crippen molar-refractivity contribution in [2.75, 3.05) is 13.2 Å². The maximum Gasteiger partial charge on any atom is 0.262 e.